The highest BCUT2D eigenvalue weighted by Crippen LogP contribution is 2.35. The Morgan fingerprint density at radius 1 is 1.40 bits per heavy atom. The average molecular weight is 139 g/mol. The number of nitrogens with one attached hydrogen (secondary N) is 1. The minimum Gasteiger partial charge on any atom is -0.320 e. The fourth-order valence-corrected chi connectivity index (χ4v) is 1.45. The standard InChI is InChI=1S/C9H17N/c1-9(7-8-10-2)5-3-4-6-9/h3-4,10H,5-8H2,1-2H3. The van der Waals surface area contributed by atoms with Gasteiger partial charge in [-0.15, -0.1) is 0 Å². The first-order chi connectivity index (χ1) is 4.77. The van der Waals surface area contributed by atoms with Crippen molar-refractivity contribution in [2.45, 2.75) is 26.2 Å². The maximum atomic E-state index is 3.19. The van der Waals surface area contributed by atoms with Crippen molar-refractivity contribution in [1.29, 1.82) is 0 Å². The van der Waals surface area contributed by atoms with E-state index in [9.17, 15) is 0 Å². The van der Waals surface area contributed by atoms with Crippen molar-refractivity contribution < 1.29 is 0 Å². The van der Waals surface area contributed by atoms with E-state index in [-0.39, 0.29) is 0 Å². The van der Waals surface area contributed by atoms with Gasteiger partial charge in [-0.2, -0.15) is 0 Å². The van der Waals surface area contributed by atoms with E-state index in [1.54, 1.807) is 0 Å². The molecule has 0 aromatic heterocycles. The third kappa shape index (κ3) is 1.84. The fourth-order valence-electron chi connectivity index (χ4n) is 1.45. The summed E-state index contributed by atoms with van der Waals surface area (Å²) in [4.78, 5) is 0. The SMILES string of the molecule is CNCCC1(C)CC=CC1. The predicted octanol–water partition coefficient (Wildman–Crippen LogP) is 1.95. The van der Waals surface area contributed by atoms with Crippen molar-refractivity contribution >= 4 is 0 Å². The Bertz CT molecular complexity index is 119. The topological polar surface area (TPSA) is 12.0 Å². The summed E-state index contributed by atoms with van der Waals surface area (Å²) < 4.78 is 0. The zero-order valence-electron chi connectivity index (χ0n) is 6.98. The second kappa shape index (κ2) is 3.20. The normalized spacial score (nSPS) is 21.8. The van der Waals surface area contributed by atoms with E-state index in [4.69, 9.17) is 0 Å². The van der Waals surface area contributed by atoms with Gasteiger partial charge in [0, 0.05) is 0 Å². The van der Waals surface area contributed by atoms with Crippen LogP contribution in [0.4, 0.5) is 0 Å². The lowest BCUT2D eigenvalue weighted by atomic mass is 9.84. The van der Waals surface area contributed by atoms with Gasteiger partial charge in [0.15, 0.2) is 0 Å². The molecule has 1 aliphatic rings. The molecule has 0 aromatic carbocycles. The Kier molecular flexibility index (Phi) is 2.50. The van der Waals surface area contributed by atoms with E-state index >= 15 is 0 Å². The van der Waals surface area contributed by atoms with Crippen LogP contribution >= 0.6 is 0 Å². The van der Waals surface area contributed by atoms with Crippen molar-refractivity contribution in [3.8, 4) is 0 Å². The summed E-state index contributed by atoms with van der Waals surface area (Å²) in [5, 5.41) is 3.19. The number of rotatable bonds is 3. The third-order valence-corrected chi connectivity index (χ3v) is 2.37. The molecule has 0 spiro atoms. The molecule has 0 amide bonds. The molecule has 0 fully saturated rings. The molecule has 1 nitrogen and oxygen atoms in total. The quantitative estimate of drug-likeness (QED) is 0.589. The summed E-state index contributed by atoms with van der Waals surface area (Å²) in [6.45, 7) is 3.52. The molecule has 0 aromatic rings. The third-order valence-electron chi connectivity index (χ3n) is 2.37. The van der Waals surface area contributed by atoms with Gasteiger partial charge in [0.05, 0.1) is 0 Å². The molecule has 0 atom stereocenters. The first-order valence-corrected chi connectivity index (χ1v) is 4.06. The Hall–Kier alpha value is -0.300. The zero-order chi connectivity index (χ0) is 7.45. The molecule has 10 heavy (non-hydrogen) atoms. The second-order valence-electron chi connectivity index (χ2n) is 3.54. The van der Waals surface area contributed by atoms with Crippen molar-refractivity contribution in [3.05, 3.63) is 12.2 Å². The van der Waals surface area contributed by atoms with Crippen LogP contribution < -0.4 is 5.32 Å². The van der Waals surface area contributed by atoms with E-state index in [1.165, 1.54) is 19.3 Å². The highest BCUT2D eigenvalue weighted by molar-refractivity contribution is 5.00. The maximum absolute atomic E-state index is 3.19. The van der Waals surface area contributed by atoms with Gasteiger partial charge < -0.3 is 5.32 Å². The Morgan fingerprint density at radius 2 is 2.00 bits per heavy atom. The number of allylic oxidation sites excluding steroid dienone is 2. The maximum Gasteiger partial charge on any atom is -0.00465 e. The molecule has 0 radical (unpaired) electrons. The van der Waals surface area contributed by atoms with Gasteiger partial charge in [-0.3, -0.25) is 0 Å². The van der Waals surface area contributed by atoms with Crippen LogP contribution in [0.3, 0.4) is 0 Å². The lowest BCUT2D eigenvalue weighted by Gasteiger charge is -2.22. The summed E-state index contributed by atoms with van der Waals surface area (Å²) >= 11 is 0. The molecule has 0 unspecified atom stereocenters. The molecule has 0 heterocycles. The lowest BCUT2D eigenvalue weighted by Crippen LogP contribution is -2.19. The molecular formula is C9H17N. The summed E-state index contributed by atoms with van der Waals surface area (Å²) in [5.41, 5.74) is 0.572. The van der Waals surface area contributed by atoms with Crippen molar-refractivity contribution in [3.63, 3.8) is 0 Å². The van der Waals surface area contributed by atoms with Crippen LogP contribution in [0.15, 0.2) is 12.2 Å². The molecule has 0 bridgehead atoms. The van der Waals surface area contributed by atoms with Crippen LogP contribution in [0.25, 0.3) is 0 Å². The summed E-state index contributed by atoms with van der Waals surface area (Å²) in [6.07, 6.45) is 8.45. The zero-order valence-corrected chi connectivity index (χ0v) is 6.98. The molecule has 0 aliphatic heterocycles. The molecule has 0 saturated heterocycles. The minimum absolute atomic E-state index is 0.572. The van der Waals surface area contributed by atoms with Crippen molar-refractivity contribution in [1.82, 2.24) is 5.32 Å². The molecule has 1 rings (SSSR count). The number of hydrogen-bond acceptors (Lipinski definition) is 1. The summed E-state index contributed by atoms with van der Waals surface area (Å²) in [5.74, 6) is 0. The molecule has 1 heteroatoms. The average Bonchev–Trinajstić information content (AvgIpc) is 2.33. The van der Waals surface area contributed by atoms with E-state index < -0.39 is 0 Å². The molecule has 58 valence electrons. The first kappa shape index (κ1) is 7.80. The smallest absolute Gasteiger partial charge is 0.00465 e. The summed E-state index contributed by atoms with van der Waals surface area (Å²) in [7, 11) is 2.02. The van der Waals surface area contributed by atoms with Gasteiger partial charge in [0.1, 0.15) is 0 Å². The number of hydrogen-bond donors (Lipinski definition) is 1. The van der Waals surface area contributed by atoms with Crippen LogP contribution in [-0.4, -0.2) is 13.6 Å². The molecule has 1 N–H and O–H groups in total. The Labute approximate surface area is 63.5 Å². The van der Waals surface area contributed by atoms with Crippen molar-refractivity contribution in [2.75, 3.05) is 13.6 Å². The van der Waals surface area contributed by atoms with Crippen LogP contribution in [0.2, 0.25) is 0 Å². The van der Waals surface area contributed by atoms with Gasteiger partial charge in [0.25, 0.3) is 0 Å². The summed E-state index contributed by atoms with van der Waals surface area (Å²) in [6, 6.07) is 0. The Balaban J connectivity index is 2.24. The fraction of sp³-hybridized carbons (Fsp3) is 0.778. The highest BCUT2D eigenvalue weighted by Gasteiger charge is 2.23. The van der Waals surface area contributed by atoms with Crippen LogP contribution in [-0.2, 0) is 0 Å². The predicted molar refractivity (Wildman–Crippen MR) is 45.0 cm³/mol. The van der Waals surface area contributed by atoms with E-state index in [1.807, 2.05) is 7.05 Å². The second-order valence-corrected chi connectivity index (χ2v) is 3.54. The van der Waals surface area contributed by atoms with Gasteiger partial charge in [-0.1, -0.05) is 19.1 Å². The lowest BCUT2D eigenvalue weighted by molar-refractivity contribution is 0.319. The van der Waals surface area contributed by atoms with Gasteiger partial charge in [-0.25, -0.2) is 0 Å². The highest BCUT2D eigenvalue weighted by atomic mass is 14.8. The van der Waals surface area contributed by atoms with E-state index in [0.29, 0.717) is 5.41 Å². The molecule has 1 aliphatic carbocycles. The van der Waals surface area contributed by atoms with E-state index in [0.717, 1.165) is 6.54 Å². The van der Waals surface area contributed by atoms with Crippen LogP contribution in [0, 0.1) is 5.41 Å². The van der Waals surface area contributed by atoms with Gasteiger partial charge in [-0.05, 0) is 38.3 Å². The van der Waals surface area contributed by atoms with Crippen LogP contribution in [0.1, 0.15) is 26.2 Å². The minimum atomic E-state index is 0.572. The van der Waals surface area contributed by atoms with Crippen molar-refractivity contribution in [2.24, 2.45) is 5.41 Å². The first-order valence-electron chi connectivity index (χ1n) is 4.06. The Morgan fingerprint density at radius 3 is 2.50 bits per heavy atom. The molecule has 0 saturated carbocycles. The van der Waals surface area contributed by atoms with Gasteiger partial charge >= 0.3 is 0 Å². The largest absolute Gasteiger partial charge is 0.320 e. The van der Waals surface area contributed by atoms with Gasteiger partial charge in [0.2, 0.25) is 0 Å². The monoisotopic (exact) mass is 139 g/mol. The molecular weight excluding hydrogens is 122 g/mol. The van der Waals surface area contributed by atoms with E-state index in [2.05, 4.69) is 24.4 Å². The van der Waals surface area contributed by atoms with Crippen LogP contribution in [0.5, 0.6) is 0 Å².